The Balaban J connectivity index is 2.28. The van der Waals surface area contributed by atoms with Gasteiger partial charge in [-0.2, -0.15) is 0 Å². The zero-order valence-corrected chi connectivity index (χ0v) is 11.7. The van der Waals surface area contributed by atoms with Crippen LogP contribution in [-0.2, 0) is 4.79 Å². The standard InChI is InChI=1S/C16H15NO4/c1-10-7-12(3-6-15(19)20)8-11(2)16(10)21-14-5-4-13(18)9-17-14/h3-9,18H,1-2H3,(H,19,20)/b6-3+. The van der Waals surface area contributed by atoms with Gasteiger partial charge in [0.25, 0.3) is 0 Å². The first-order valence-electron chi connectivity index (χ1n) is 6.31. The molecule has 0 unspecified atom stereocenters. The third kappa shape index (κ3) is 3.82. The SMILES string of the molecule is Cc1cc(/C=C/C(=O)O)cc(C)c1Oc1ccc(O)cn1. The molecule has 0 radical (unpaired) electrons. The topological polar surface area (TPSA) is 79.7 Å². The van der Waals surface area contributed by atoms with Crippen LogP contribution in [0.15, 0.2) is 36.5 Å². The summed E-state index contributed by atoms with van der Waals surface area (Å²) in [4.78, 5) is 14.5. The summed E-state index contributed by atoms with van der Waals surface area (Å²) in [5, 5.41) is 17.8. The van der Waals surface area contributed by atoms with Crippen molar-refractivity contribution in [1.82, 2.24) is 4.98 Å². The van der Waals surface area contributed by atoms with Gasteiger partial charge in [0, 0.05) is 12.1 Å². The van der Waals surface area contributed by atoms with E-state index in [9.17, 15) is 9.90 Å². The summed E-state index contributed by atoms with van der Waals surface area (Å²) in [7, 11) is 0. The number of aromatic nitrogens is 1. The van der Waals surface area contributed by atoms with E-state index in [1.165, 1.54) is 18.3 Å². The van der Waals surface area contributed by atoms with E-state index in [4.69, 9.17) is 9.84 Å². The Morgan fingerprint density at radius 2 is 1.90 bits per heavy atom. The van der Waals surface area contributed by atoms with Crippen LogP contribution >= 0.6 is 0 Å². The molecular formula is C16H15NO4. The minimum Gasteiger partial charge on any atom is -0.506 e. The molecule has 21 heavy (non-hydrogen) atoms. The van der Waals surface area contributed by atoms with E-state index in [2.05, 4.69) is 4.98 Å². The van der Waals surface area contributed by atoms with Gasteiger partial charge in [0.2, 0.25) is 5.88 Å². The summed E-state index contributed by atoms with van der Waals surface area (Å²) >= 11 is 0. The number of aliphatic carboxylic acids is 1. The normalized spacial score (nSPS) is 10.8. The molecule has 0 saturated heterocycles. The van der Waals surface area contributed by atoms with Crippen LogP contribution in [0.1, 0.15) is 16.7 Å². The van der Waals surface area contributed by atoms with Crippen LogP contribution in [0, 0.1) is 13.8 Å². The maximum Gasteiger partial charge on any atom is 0.328 e. The van der Waals surface area contributed by atoms with Crippen LogP contribution in [0.4, 0.5) is 0 Å². The van der Waals surface area contributed by atoms with Gasteiger partial charge >= 0.3 is 5.97 Å². The van der Waals surface area contributed by atoms with E-state index >= 15 is 0 Å². The Labute approximate surface area is 122 Å². The molecule has 5 nitrogen and oxygen atoms in total. The van der Waals surface area contributed by atoms with Gasteiger partial charge in [-0.15, -0.1) is 0 Å². The van der Waals surface area contributed by atoms with Crippen LogP contribution in [-0.4, -0.2) is 21.2 Å². The van der Waals surface area contributed by atoms with Gasteiger partial charge in [-0.3, -0.25) is 0 Å². The largest absolute Gasteiger partial charge is 0.506 e. The fraction of sp³-hybridized carbons (Fsp3) is 0.125. The average Bonchev–Trinajstić information content (AvgIpc) is 2.42. The van der Waals surface area contributed by atoms with Gasteiger partial charge < -0.3 is 14.9 Å². The van der Waals surface area contributed by atoms with Crippen LogP contribution in [0.25, 0.3) is 6.08 Å². The van der Waals surface area contributed by atoms with Gasteiger partial charge in [0.1, 0.15) is 11.5 Å². The second-order valence-corrected chi connectivity index (χ2v) is 4.61. The maximum atomic E-state index is 10.5. The van der Waals surface area contributed by atoms with Crippen molar-refractivity contribution in [1.29, 1.82) is 0 Å². The fourth-order valence-corrected chi connectivity index (χ4v) is 1.95. The lowest BCUT2D eigenvalue weighted by Gasteiger charge is -2.12. The number of benzene rings is 1. The number of ether oxygens (including phenoxy) is 1. The molecule has 0 aliphatic heterocycles. The summed E-state index contributed by atoms with van der Waals surface area (Å²) in [6, 6.07) is 6.74. The van der Waals surface area contributed by atoms with Crippen LogP contribution in [0.3, 0.4) is 0 Å². The van der Waals surface area contributed by atoms with Gasteiger partial charge in [-0.1, -0.05) is 0 Å². The number of aromatic hydroxyl groups is 1. The molecule has 2 aromatic rings. The molecule has 0 aliphatic carbocycles. The highest BCUT2D eigenvalue weighted by Crippen LogP contribution is 2.29. The van der Waals surface area contributed by atoms with Crippen molar-refractivity contribution >= 4 is 12.0 Å². The lowest BCUT2D eigenvalue weighted by molar-refractivity contribution is -0.131. The Kier molecular flexibility index (Phi) is 4.23. The summed E-state index contributed by atoms with van der Waals surface area (Å²) in [5.41, 5.74) is 2.53. The zero-order chi connectivity index (χ0) is 15.4. The number of rotatable bonds is 4. The summed E-state index contributed by atoms with van der Waals surface area (Å²) in [6.45, 7) is 3.75. The Hall–Kier alpha value is -2.82. The molecule has 1 heterocycles. The number of hydrogen-bond donors (Lipinski definition) is 2. The fourth-order valence-electron chi connectivity index (χ4n) is 1.95. The molecule has 2 rings (SSSR count). The molecule has 5 heteroatoms. The predicted molar refractivity (Wildman–Crippen MR) is 78.6 cm³/mol. The molecule has 0 bridgehead atoms. The maximum absolute atomic E-state index is 10.5. The highest BCUT2D eigenvalue weighted by molar-refractivity contribution is 5.85. The molecular weight excluding hydrogens is 270 g/mol. The molecule has 1 aromatic carbocycles. The molecule has 0 spiro atoms. The second kappa shape index (κ2) is 6.09. The highest BCUT2D eigenvalue weighted by atomic mass is 16.5. The Bertz CT molecular complexity index is 667. The summed E-state index contributed by atoms with van der Waals surface area (Å²) in [6.07, 6.45) is 3.94. The monoisotopic (exact) mass is 285 g/mol. The lowest BCUT2D eigenvalue weighted by Crippen LogP contribution is -1.94. The molecule has 0 amide bonds. The van der Waals surface area contributed by atoms with Gasteiger partial charge in [0.15, 0.2) is 0 Å². The second-order valence-electron chi connectivity index (χ2n) is 4.61. The number of nitrogens with zero attached hydrogens (tertiary/aromatic N) is 1. The smallest absolute Gasteiger partial charge is 0.328 e. The van der Waals surface area contributed by atoms with Gasteiger partial charge in [-0.25, -0.2) is 9.78 Å². The van der Waals surface area contributed by atoms with Crippen molar-refractivity contribution in [2.75, 3.05) is 0 Å². The van der Waals surface area contributed by atoms with Crippen molar-refractivity contribution in [3.8, 4) is 17.4 Å². The third-order valence-electron chi connectivity index (χ3n) is 2.83. The summed E-state index contributed by atoms with van der Waals surface area (Å²) < 4.78 is 5.71. The number of carboxylic acids is 1. The molecule has 2 N–H and O–H groups in total. The van der Waals surface area contributed by atoms with Crippen LogP contribution < -0.4 is 4.74 Å². The highest BCUT2D eigenvalue weighted by Gasteiger charge is 2.08. The molecule has 108 valence electrons. The van der Waals surface area contributed by atoms with Crippen molar-refractivity contribution < 1.29 is 19.7 Å². The molecule has 1 aromatic heterocycles. The Morgan fingerprint density at radius 3 is 2.43 bits per heavy atom. The number of aryl methyl sites for hydroxylation is 2. The van der Waals surface area contributed by atoms with Crippen molar-refractivity contribution in [2.45, 2.75) is 13.8 Å². The quantitative estimate of drug-likeness (QED) is 0.842. The lowest BCUT2D eigenvalue weighted by atomic mass is 10.1. The summed E-state index contributed by atoms with van der Waals surface area (Å²) in [5.74, 6) is 0.136. The Morgan fingerprint density at radius 1 is 1.24 bits per heavy atom. The van der Waals surface area contributed by atoms with E-state index in [0.29, 0.717) is 11.6 Å². The van der Waals surface area contributed by atoms with E-state index in [1.54, 1.807) is 6.07 Å². The van der Waals surface area contributed by atoms with Crippen molar-refractivity contribution in [3.63, 3.8) is 0 Å². The minimum absolute atomic E-state index is 0.0740. The zero-order valence-electron chi connectivity index (χ0n) is 11.7. The van der Waals surface area contributed by atoms with Gasteiger partial charge in [0.05, 0.1) is 6.20 Å². The van der Waals surface area contributed by atoms with Crippen molar-refractivity contribution in [2.24, 2.45) is 0 Å². The minimum atomic E-state index is -0.987. The number of pyridine rings is 1. The third-order valence-corrected chi connectivity index (χ3v) is 2.83. The average molecular weight is 285 g/mol. The van der Waals surface area contributed by atoms with Crippen LogP contribution in [0.5, 0.6) is 17.4 Å². The van der Waals surface area contributed by atoms with Crippen LogP contribution in [0.2, 0.25) is 0 Å². The first kappa shape index (κ1) is 14.6. The van der Waals surface area contributed by atoms with E-state index in [0.717, 1.165) is 22.8 Å². The molecule has 0 aliphatic rings. The van der Waals surface area contributed by atoms with Crippen molar-refractivity contribution in [3.05, 3.63) is 53.2 Å². The van der Waals surface area contributed by atoms with Gasteiger partial charge in [-0.05, 0) is 54.8 Å². The molecule has 0 saturated carbocycles. The molecule has 0 atom stereocenters. The van der Waals surface area contributed by atoms with E-state index in [1.807, 2.05) is 26.0 Å². The predicted octanol–water partition coefficient (Wildman–Crippen LogP) is 3.29. The number of carbonyl (C=O) groups is 1. The molecule has 0 fully saturated rings. The van der Waals surface area contributed by atoms with E-state index < -0.39 is 5.97 Å². The number of hydrogen-bond acceptors (Lipinski definition) is 4. The van der Waals surface area contributed by atoms with E-state index in [-0.39, 0.29) is 5.75 Å². The number of carboxylic acid groups (broad SMARTS) is 1. The first-order chi connectivity index (χ1) is 9.95. The first-order valence-corrected chi connectivity index (χ1v) is 6.31.